The fourth-order valence-corrected chi connectivity index (χ4v) is 2.98. The molecule has 2 heterocycles. The van der Waals surface area contributed by atoms with E-state index in [2.05, 4.69) is 15.9 Å². The van der Waals surface area contributed by atoms with E-state index in [1.54, 1.807) is 6.20 Å². The van der Waals surface area contributed by atoms with Crippen LogP contribution in [0.4, 0.5) is 8.78 Å². The van der Waals surface area contributed by atoms with Crippen LogP contribution in [0.15, 0.2) is 28.9 Å². The Hall–Kier alpha value is -1.43. The Kier molecular flexibility index (Phi) is 3.08. The van der Waals surface area contributed by atoms with Gasteiger partial charge in [0.25, 0.3) is 11.8 Å². The molecule has 106 valence electrons. The molecule has 0 spiro atoms. The van der Waals surface area contributed by atoms with Crippen molar-refractivity contribution in [3.8, 4) is 0 Å². The van der Waals surface area contributed by atoms with Gasteiger partial charge in [-0.15, -0.1) is 0 Å². The molecule has 0 atom stereocenters. The van der Waals surface area contributed by atoms with Crippen LogP contribution < -0.4 is 0 Å². The number of benzene rings is 1. The van der Waals surface area contributed by atoms with Gasteiger partial charge in [-0.05, 0) is 18.2 Å². The third-order valence-electron chi connectivity index (χ3n) is 3.64. The molecule has 0 radical (unpaired) electrons. The van der Waals surface area contributed by atoms with Crippen molar-refractivity contribution in [1.82, 2.24) is 9.47 Å². The summed E-state index contributed by atoms with van der Waals surface area (Å²) in [6.07, 6.45) is 1.45. The summed E-state index contributed by atoms with van der Waals surface area (Å²) in [4.78, 5) is 13.7. The smallest absolute Gasteiger partial charge is 0.267 e. The van der Waals surface area contributed by atoms with Gasteiger partial charge in [-0.1, -0.05) is 15.9 Å². The number of fused-ring (bicyclic) bond motifs is 1. The lowest BCUT2D eigenvalue weighted by molar-refractivity contribution is 0.0120. The first-order valence-electron chi connectivity index (χ1n) is 6.29. The van der Waals surface area contributed by atoms with Crippen LogP contribution in [0.3, 0.4) is 0 Å². The molecule has 0 bridgehead atoms. The molecule has 6 heteroatoms. The predicted molar refractivity (Wildman–Crippen MR) is 76.1 cm³/mol. The highest BCUT2D eigenvalue weighted by Gasteiger charge is 2.40. The molecule has 1 amide bonds. The molecule has 20 heavy (non-hydrogen) atoms. The Bertz CT molecular complexity index is 696. The van der Waals surface area contributed by atoms with Crippen molar-refractivity contribution >= 4 is 32.7 Å². The highest BCUT2D eigenvalue weighted by molar-refractivity contribution is 9.10. The minimum Gasteiger partial charge on any atom is -0.350 e. The SMILES string of the molecule is Cn1cc(C(=O)N2CCC(F)(F)C2)c2cc(Br)ccc21. The first kappa shape index (κ1) is 13.5. The maximum absolute atomic E-state index is 13.2. The summed E-state index contributed by atoms with van der Waals surface area (Å²) in [5, 5.41) is 0.780. The van der Waals surface area contributed by atoms with Gasteiger partial charge in [-0.2, -0.15) is 0 Å². The lowest BCUT2D eigenvalue weighted by Crippen LogP contribution is -2.31. The second kappa shape index (κ2) is 4.55. The number of nitrogens with zero attached hydrogens (tertiary/aromatic N) is 2. The van der Waals surface area contributed by atoms with Crippen LogP contribution in [0.25, 0.3) is 10.9 Å². The molecule has 0 unspecified atom stereocenters. The number of halogens is 3. The predicted octanol–water partition coefficient (Wildman–Crippen LogP) is 3.42. The summed E-state index contributed by atoms with van der Waals surface area (Å²) in [7, 11) is 1.84. The Morgan fingerprint density at radius 3 is 2.80 bits per heavy atom. The van der Waals surface area contributed by atoms with Crippen LogP contribution in [0.1, 0.15) is 16.8 Å². The summed E-state index contributed by atoms with van der Waals surface area (Å²) in [5.41, 5.74) is 1.38. The number of aromatic nitrogens is 1. The number of hydrogen-bond acceptors (Lipinski definition) is 1. The molecule has 3 rings (SSSR count). The Balaban J connectivity index is 2.02. The highest BCUT2D eigenvalue weighted by Crippen LogP contribution is 2.30. The van der Waals surface area contributed by atoms with Crippen LogP contribution in [-0.2, 0) is 7.05 Å². The van der Waals surface area contributed by atoms with Gasteiger partial charge in [0.15, 0.2) is 0 Å². The summed E-state index contributed by atoms with van der Waals surface area (Å²) in [6.45, 7) is -0.382. The van der Waals surface area contributed by atoms with Gasteiger partial charge in [-0.3, -0.25) is 4.79 Å². The fourth-order valence-electron chi connectivity index (χ4n) is 2.61. The van der Waals surface area contributed by atoms with Crippen molar-refractivity contribution in [3.63, 3.8) is 0 Å². The minimum atomic E-state index is -2.76. The first-order chi connectivity index (χ1) is 9.37. The quantitative estimate of drug-likeness (QED) is 0.779. The Morgan fingerprint density at radius 1 is 1.40 bits per heavy atom. The van der Waals surface area contributed by atoms with Crippen molar-refractivity contribution in [2.45, 2.75) is 12.3 Å². The Labute approximate surface area is 123 Å². The molecule has 1 aliphatic heterocycles. The van der Waals surface area contributed by atoms with E-state index in [9.17, 15) is 13.6 Å². The maximum atomic E-state index is 13.2. The van der Waals surface area contributed by atoms with Gasteiger partial charge in [0.1, 0.15) is 0 Å². The van der Waals surface area contributed by atoms with Gasteiger partial charge < -0.3 is 9.47 Å². The number of alkyl halides is 2. The van der Waals surface area contributed by atoms with E-state index in [0.717, 1.165) is 15.4 Å². The topological polar surface area (TPSA) is 25.2 Å². The van der Waals surface area contributed by atoms with Crippen LogP contribution in [0.2, 0.25) is 0 Å². The highest BCUT2D eigenvalue weighted by atomic mass is 79.9. The van der Waals surface area contributed by atoms with Crippen molar-refractivity contribution in [2.75, 3.05) is 13.1 Å². The lowest BCUT2D eigenvalue weighted by atomic mass is 10.1. The van der Waals surface area contributed by atoms with E-state index in [-0.39, 0.29) is 18.9 Å². The number of carbonyl (C=O) groups excluding carboxylic acids is 1. The molecule has 3 nitrogen and oxygen atoms in total. The van der Waals surface area contributed by atoms with Gasteiger partial charge >= 0.3 is 0 Å². The maximum Gasteiger partial charge on any atom is 0.267 e. The first-order valence-corrected chi connectivity index (χ1v) is 7.08. The number of rotatable bonds is 1. The van der Waals surface area contributed by atoms with E-state index in [1.165, 1.54) is 4.90 Å². The minimum absolute atomic E-state index is 0.107. The monoisotopic (exact) mass is 342 g/mol. The molecule has 1 aromatic heterocycles. The van der Waals surface area contributed by atoms with E-state index < -0.39 is 12.5 Å². The largest absolute Gasteiger partial charge is 0.350 e. The van der Waals surface area contributed by atoms with Crippen molar-refractivity contribution in [2.24, 2.45) is 7.05 Å². The van der Waals surface area contributed by atoms with Gasteiger partial charge in [0.05, 0.1) is 12.1 Å². The second-order valence-electron chi connectivity index (χ2n) is 5.15. The lowest BCUT2D eigenvalue weighted by Gasteiger charge is -2.15. The van der Waals surface area contributed by atoms with Gasteiger partial charge in [0.2, 0.25) is 0 Å². The van der Waals surface area contributed by atoms with Crippen LogP contribution in [0, 0.1) is 0 Å². The number of carbonyl (C=O) groups is 1. The normalized spacial score (nSPS) is 17.9. The zero-order valence-electron chi connectivity index (χ0n) is 10.9. The average molecular weight is 343 g/mol. The Morgan fingerprint density at radius 2 is 2.15 bits per heavy atom. The van der Waals surface area contributed by atoms with Crippen molar-refractivity contribution < 1.29 is 13.6 Å². The van der Waals surface area contributed by atoms with Crippen LogP contribution in [-0.4, -0.2) is 34.4 Å². The molecule has 2 aromatic rings. The molecule has 0 aliphatic carbocycles. The average Bonchev–Trinajstić information content (AvgIpc) is 2.89. The number of likely N-dealkylation sites (tertiary alicyclic amines) is 1. The summed E-state index contributed by atoms with van der Waals surface area (Å²) >= 11 is 3.37. The van der Waals surface area contributed by atoms with Crippen LogP contribution >= 0.6 is 15.9 Å². The zero-order chi connectivity index (χ0) is 14.5. The summed E-state index contributed by atoms with van der Waals surface area (Å²) in [6, 6.07) is 5.63. The molecule has 1 saturated heterocycles. The number of hydrogen-bond donors (Lipinski definition) is 0. The third-order valence-corrected chi connectivity index (χ3v) is 4.13. The molecule has 1 fully saturated rings. The zero-order valence-corrected chi connectivity index (χ0v) is 12.5. The van der Waals surface area contributed by atoms with Crippen LogP contribution in [0.5, 0.6) is 0 Å². The fraction of sp³-hybridized carbons (Fsp3) is 0.357. The second-order valence-corrected chi connectivity index (χ2v) is 6.06. The van der Waals surface area contributed by atoms with E-state index in [0.29, 0.717) is 5.56 Å². The van der Waals surface area contributed by atoms with Gasteiger partial charge in [-0.25, -0.2) is 8.78 Å². The third kappa shape index (κ3) is 2.22. The number of aryl methyl sites for hydroxylation is 1. The standard InChI is InChI=1S/C14H13BrF2N2O/c1-18-7-11(10-6-9(15)2-3-12(10)18)13(20)19-5-4-14(16,17)8-19/h2-3,6-7H,4-5,8H2,1H3. The summed E-state index contributed by atoms with van der Waals surface area (Å²) in [5.74, 6) is -3.09. The molecule has 0 saturated carbocycles. The molecule has 1 aliphatic rings. The summed E-state index contributed by atoms with van der Waals surface area (Å²) < 4.78 is 29.2. The molecular formula is C14H13BrF2N2O. The number of amides is 1. The van der Waals surface area contributed by atoms with E-state index >= 15 is 0 Å². The van der Waals surface area contributed by atoms with Crippen molar-refractivity contribution in [1.29, 1.82) is 0 Å². The van der Waals surface area contributed by atoms with Crippen molar-refractivity contribution in [3.05, 3.63) is 34.4 Å². The molecule has 0 N–H and O–H groups in total. The van der Waals surface area contributed by atoms with E-state index in [4.69, 9.17) is 0 Å². The molecule has 1 aromatic carbocycles. The van der Waals surface area contributed by atoms with E-state index in [1.807, 2.05) is 29.8 Å². The van der Waals surface area contributed by atoms with Gasteiger partial charge in [0, 0.05) is 41.6 Å². The molecular weight excluding hydrogens is 330 g/mol.